The number of aromatic nitrogens is 4. The zero-order valence-electron chi connectivity index (χ0n) is 30.2. The summed E-state index contributed by atoms with van der Waals surface area (Å²) in [6.45, 7) is 18.2. The van der Waals surface area contributed by atoms with Crippen LogP contribution in [0.4, 0.5) is 0 Å². The van der Waals surface area contributed by atoms with E-state index in [2.05, 4.69) is 127 Å². The van der Waals surface area contributed by atoms with Crippen molar-refractivity contribution >= 4 is 21.8 Å². The molecule has 3 heterocycles. The van der Waals surface area contributed by atoms with Crippen LogP contribution in [0.2, 0.25) is 0 Å². The molecule has 0 aliphatic carbocycles. The Balaban J connectivity index is 0.00000432. The summed E-state index contributed by atoms with van der Waals surface area (Å²) in [5.74, 6) is 2.06. The number of fused-ring (bicyclic) bond motifs is 3. The van der Waals surface area contributed by atoms with Gasteiger partial charge in [-0.05, 0) is 81.3 Å². The first-order valence-corrected chi connectivity index (χ1v) is 17.2. The van der Waals surface area contributed by atoms with Gasteiger partial charge >= 0.3 is 21.1 Å². The zero-order valence-corrected chi connectivity index (χ0v) is 32.4. The molecule has 4 aromatic carbocycles. The molecule has 0 saturated carbocycles. The minimum absolute atomic E-state index is 0. The summed E-state index contributed by atoms with van der Waals surface area (Å²) in [4.78, 5) is 4.70. The van der Waals surface area contributed by atoms with Gasteiger partial charge in [-0.25, -0.2) is 4.98 Å². The summed E-state index contributed by atoms with van der Waals surface area (Å²) in [7, 11) is 0. The molecule has 0 unspecified atom stereocenters. The molecule has 256 valence electrons. The van der Waals surface area contributed by atoms with E-state index in [1.807, 2.05) is 47.4 Å². The van der Waals surface area contributed by atoms with Gasteiger partial charge in [0.2, 0.25) is 0 Å². The third-order valence-electron chi connectivity index (χ3n) is 9.15. The molecule has 0 fully saturated rings. The molecule has 0 spiro atoms. The Kier molecular flexibility index (Phi) is 9.67. The van der Waals surface area contributed by atoms with Gasteiger partial charge in [0.15, 0.2) is 0 Å². The minimum atomic E-state index is -0.0270. The summed E-state index contributed by atoms with van der Waals surface area (Å²) < 4.78 is 10.5. The maximum Gasteiger partial charge on any atom is 2.00 e. The standard InChI is InChI=1S/C44H44N4O.Pt/c1-9-13-30-18-21-37(43(3,4)5)41(42(30)44(6,7)8)31-27-46-47(28-31)32-14-12-15-33(25-32)49-34-19-20-36-35-16-10-11-17-38(35)48(39(36)26-34)40-24-29(2)22-23-45-40;/h10-12,14-24,27-28H,9,13H2,1-8H3;/q-2;+2. The average Bonchev–Trinajstić information content (AvgIpc) is 3.67. The topological polar surface area (TPSA) is 44.9 Å². The minimum Gasteiger partial charge on any atom is -0.509 e. The average molecular weight is 840 g/mol. The van der Waals surface area contributed by atoms with E-state index in [1.54, 1.807) is 0 Å². The molecule has 0 radical (unpaired) electrons. The number of hydrogen-bond acceptors (Lipinski definition) is 3. The van der Waals surface area contributed by atoms with Crippen LogP contribution >= 0.6 is 0 Å². The SMILES string of the molecule is CCCc1ccc(C(C)(C)C)c(-c2cnn(-c3[c-]c(Oc4[c-]c5c(cc4)c4ccccc4n5-c4cc(C)ccn4)ccc3)c2)c1C(C)(C)C.[Pt+2]. The molecule has 0 N–H and O–H groups in total. The van der Waals surface area contributed by atoms with Crippen molar-refractivity contribution in [2.24, 2.45) is 0 Å². The predicted molar refractivity (Wildman–Crippen MR) is 201 cm³/mol. The third kappa shape index (κ3) is 6.68. The van der Waals surface area contributed by atoms with Crippen LogP contribution in [-0.2, 0) is 38.3 Å². The van der Waals surface area contributed by atoms with Gasteiger partial charge in [-0.2, -0.15) is 17.2 Å². The van der Waals surface area contributed by atoms with Crippen LogP contribution in [-0.4, -0.2) is 19.3 Å². The number of aryl methyl sites for hydroxylation is 2. The summed E-state index contributed by atoms with van der Waals surface area (Å²) in [5, 5.41) is 7.11. The molecule has 0 amide bonds. The molecule has 50 heavy (non-hydrogen) atoms. The molecule has 7 rings (SSSR count). The van der Waals surface area contributed by atoms with Crippen molar-refractivity contribution in [3.8, 4) is 34.1 Å². The second-order valence-electron chi connectivity index (χ2n) is 15.1. The fourth-order valence-electron chi connectivity index (χ4n) is 7.05. The number of ether oxygens (including phenoxy) is 1. The van der Waals surface area contributed by atoms with Crippen molar-refractivity contribution in [2.45, 2.75) is 79.1 Å². The van der Waals surface area contributed by atoms with Crippen LogP contribution in [0.25, 0.3) is 44.4 Å². The largest absolute Gasteiger partial charge is 2.00 e. The van der Waals surface area contributed by atoms with E-state index in [-0.39, 0.29) is 31.9 Å². The number of nitrogens with zero attached hydrogens (tertiary/aromatic N) is 4. The normalized spacial score (nSPS) is 12.0. The Labute approximate surface area is 310 Å². The van der Waals surface area contributed by atoms with Gasteiger partial charge in [0, 0.05) is 35.0 Å². The first kappa shape index (κ1) is 35.4. The Bertz CT molecular complexity index is 2320. The van der Waals surface area contributed by atoms with Crippen molar-refractivity contribution in [3.05, 3.63) is 132 Å². The van der Waals surface area contributed by atoms with E-state index in [0.29, 0.717) is 11.5 Å². The Morgan fingerprint density at radius 3 is 2.32 bits per heavy atom. The maximum absolute atomic E-state index is 6.43. The Morgan fingerprint density at radius 1 is 0.800 bits per heavy atom. The molecule has 0 saturated heterocycles. The monoisotopic (exact) mass is 839 g/mol. The molecule has 3 aromatic heterocycles. The van der Waals surface area contributed by atoms with Crippen LogP contribution in [0.5, 0.6) is 11.5 Å². The molecule has 6 heteroatoms. The van der Waals surface area contributed by atoms with Crippen molar-refractivity contribution in [1.29, 1.82) is 0 Å². The summed E-state index contributed by atoms with van der Waals surface area (Å²) >= 11 is 0. The fraction of sp³-hybridized carbons (Fsp3) is 0.273. The first-order chi connectivity index (χ1) is 23.4. The van der Waals surface area contributed by atoms with Crippen molar-refractivity contribution in [1.82, 2.24) is 19.3 Å². The van der Waals surface area contributed by atoms with Gasteiger partial charge in [0.05, 0.1) is 6.20 Å². The third-order valence-corrected chi connectivity index (χ3v) is 9.15. The summed E-state index contributed by atoms with van der Waals surface area (Å²) in [5.41, 5.74) is 10.5. The molecule has 0 bridgehead atoms. The van der Waals surface area contributed by atoms with Crippen molar-refractivity contribution in [3.63, 3.8) is 0 Å². The first-order valence-electron chi connectivity index (χ1n) is 17.2. The van der Waals surface area contributed by atoms with Crippen LogP contribution < -0.4 is 4.74 Å². The van der Waals surface area contributed by atoms with E-state index in [1.165, 1.54) is 22.3 Å². The molecule has 5 nitrogen and oxygen atoms in total. The fourth-order valence-corrected chi connectivity index (χ4v) is 7.05. The van der Waals surface area contributed by atoms with Gasteiger partial charge in [-0.1, -0.05) is 90.7 Å². The maximum atomic E-state index is 6.43. The van der Waals surface area contributed by atoms with E-state index in [0.717, 1.165) is 57.3 Å². The van der Waals surface area contributed by atoms with Crippen LogP contribution in [0.1, 0.15) is 77.1 Å². The van der Waals surface area contributed by atoms with Gasteiger partial charge in [0.1, 0.15) is 5.82 Å². The second-order valence-corrected chi connectivity index (χ2v) is 15.1. The Morgan fingerprint density at radius 2 is 1.58 bits per heavy atom. The molecule has 0 atom stereocenters. The Hall–Kier alpha value is -4.47. The van der Waals surface area contributed by atoms with E-state index in [9.17, 15) is 0 Å². The second kappa shape index (κ2) is 13.7. The molecule has 7 aromatic rings. The summed E-state index contributed by atoms with van der Waals surface area (Å²) in [6, 6.07) is 34.2. The van der Waals surface area contributed by atoms with E-state index >= 15 is 0 Å². The number of benzene rings is 4. The molecular formula is C44H44N4OPt. The molecule has 0 aliphatic rings. The molecular weight excluding hydrogens is 796 g/mol. The van der Waals surface area contributed by atoms with Gasteiger partial charge < -0.3 is 9.30 Å². The van der Waals surface area contributed by atoms with E-state index < -0.39 is 0 Å². The van der Waals surface area contributed by atoms with Crippen LogP contribution in [0, 0.1) is 19.1 Å². The quantitative estimate of drug-likeness (QED) is 0.150. The summed E-state index contributed by atoms with van der Waals surface area (Å²) in [6.07, 6.45) is 8.14. The number of hydrogen-bond donors (Lipinski definition) is 0. The van der Waals surface area contributed by atoms with Gasteiger partial charge in [-0.3, -0.25) is 4.68 Å². The molecule has 0 aliphatic heterocycles. The van der Waals surface area contributed by atoms with Gasteiger partial charge in [-0.15, -0.1) is 35.7 Å². The van der Waals surface area contributed by atoms with Crippen LogP contribution in [0.15, 0.2) is 97.5 Å². The van der Waals surface area contributed by atoms with Crippen LogP contribution in [0.3, 0.4) is 0 Å². The smallest absolute Gasteiger partial charge is 0.509 e. The predicted octanol–water partition coefficient (Wildman–Crippen LogP) is 11.3. The zero-order chi connectivity index (χ0) is 34.5. The van der Waals surface area contributed by atoms with E-state index in [4.69, 9.17) is 14.8 Å². The number of rotatable bonds is 7. The number of para-hydroxylation sites is 1. The number of pyridine rings is 1. The van der Waals surface area contributed by atoms with Gasteiger partial charge in [0.25, 0.3) is 0 Å². The van der Waals surface area contributed by atoms with Crippen molar-refractivity contribution in [2.75, 3.05) is 0 Å². The van der Waals surface area contributed by atoms with Crippen molar-refractivity contribution < 1.29 is 25.8 Å².